The maximum Gasteiger partial charge on any atom is 0.329 e. The Morgan fingerprint density at radius 2 is 1.84 bits per heavy atom. The Morgan fingerprint density at radius 3 is 2.50 bits per heavy atom. The van der Waals surface area contributed by atoms with Crippen LogP contribution in [0.15, 0.2) is 42.5 Å². The first kappa shape index (κ1) is 22.2. The van der Waals surface area contributed by atoms with Gasteiger partial charge in [0.05, 0.1) is 13.7 Å². The molecular formula is C26H31NO5. The van der Waals surface area contributed by atoms with Crippen LogP contribution in [0.3, 0.4) is 0 Å². The predicted molar refractivity (Wildman–Crippen MR) is 121 cm³/mol. The molecule has 2 aromatic rings. The summed E-state index contributed by atoms with van der Waals surface area (Å²) in [6, 6.07) is 13.2. The van der Waals surface area contributed by atoms with Crippen LogP contribution in [-0.4, -0.2) is 36.2 Å². The average molecular weight is 438 g/mol. The topological polar surface area (TPSA) is 84.9 Å². The van der Waals surface area contributed by atoms with Gasteiger partial charge in [0, 0.05) is 12.0 Å². The number of aryl methyl sites for hydroxylation is 1. The van der Waals surface area contributed by atoms with Crippen LogP contribution in [0.2, 0.25) is 0 Å². The SMILES string of the molecule is COc1ccc(C(=O)NC2(C(=O)O)CCC3CC3CC2)cc1OCCc1cccc(C)c1. The monoisotopic (exact) mass is 437 g/mol. The van der Waals surface area contributed by atoms with E-state index in [0.29, 0.717) is 48.3 Å². The molecular weight excluding hydrogens is 406 g/mol. The molecule has 2 aromatic carbocycles. The first-order valence-corrected chi connectivity index (χ1v) is 11.3. The van der Waals surface area contributed by atoms with Gasteiger partial charge in [0.25, 0.3) is 5.91 Å². The van der Waals surface area contributed by atoms with Crippen molar-refractivity contribution in [1.29, 1.82) is 0 Å². The Hall–Kier alpha value is -3.02. The third-order valence-corrected chi connectivity index (χ3v) is 6.87. The highest BCUT2D eigenvalue weighted by molar-refractivity contribution is 5.98. The second kappa shape index (κ2) is 9.23. The number of benzene rings is 2. The van der Waals surface area contributed by atoms with Crippen molar-refractivity contribution in [1.82, 2.24) is 5.32 Å². The number of aliphatic carboxylic acids is 1. The Bertz CT molecular complexity index is 989. The maximum atomic E-state index is 13.0. The second-order valence-corrected chi connectivity index (χ2v) is 9.13. The van der Waals surface area contributed by atoms with Crippen molar-refractivity contribution in [3.63, 3.8) is 0 Å². The van der Waals surface area contributed by atoms with Crippen molar-refractivity contribution in [3.05, 3.63) is 59.2 Å². The van der Waals surface area contributed by atoms with E-state index >= 15 is 0 Å². The molecule has 2 N–H and O–H groups in total. The number of ether oxygens (including phenoxy) is 2. The van der Waals surface area contributed by atoms with Crippen LogP contribution in [0.25, 0.3) is 0 Å². The third-order valence-electron chi connectivity index (χ3n) is 6.87. The lowest BCUT2D eigenvalue weighted by Gasteiger charge is -2.30. The van der Waals surface area contributed by atoms with Gasteiger partial charge in [-0.25, -0.2) is 4.79 Å². The van der Waals surface area contributed by atoms with Crippen molar-refractivity contribution < 1.29 is 24.2 Å². The zero-order valence-electron chi connectivity index (χ0n) is 18.7. The Morgan fingerprint density at radius 1 is 1.09 bits per heavy atom. The van der Waals surface area contributed by atoms with Crippen LogP contribution in [0.4, 0.5) is 0 Å². The van der Waals surface area contributed by atoms with Gasteiger partial charge in [-0.1, -0.05) is 29.8 Å². The summed E-state index contributed by atoms with van der Waals surface area (Å²) < 4.78 is 11.3. The molecule has 2 atom stereocenters. The number of amides is 1. The average Bonchev–Trinajstić information content (AvgIpc) is 3.55. The van der Waals surface area contributed by atoms with E-state index in [-0.39, 0.29) is 0 Å². The highest BCUT2D eigenvalue weighted by Gasteiger charge is 2.48. The molecule has 1 amide bonds. The number of rotatable bonds is 8. The molecule has 2 saturated carbocycles. The van der Waals surface area contributed by atoms with Crippen molar-refractivity contribution in [2.45, 2.75) is 51.0 Å². The number of carbonyl (C=O) groups excluding carboxylic acids is 1. The summed E-state index contributed by atoms with van der Waals surface area (Å²) >= 11 is 0. The number of nitrogens with one attached hydrogen (secondary N) is 1. The van der Waals surface area contributed by atoms with E-state index in [0.717, 1.165) is 19.3 Å². The molecule has 2 fully saturated rings. The van der Waals surface area contributed by atoms with E-state index in [9.17, 15) is 14.7 Å². The lowest BCUT2D eigenvalue weighted by Crippen LogP contribution is -2.54. The highest BCUT2D eigenvalue weighted by Crippen LogP contribution is 2.50. The second-order valence-electron chi connectivity index (χ2n) is 9.13. The number of methoxy groups -OCH3 is 1. The predicted octanol–water partition coefficient (Wildman–Crippen LogP) is 4.39. The van der Waals surface area contributed by atoms with E-state index in [1.54, 1.807) is 25.3 Å². The van der Waals surface area contributed by atoms with Crippen LogP contribution < -0.4 is 14.8 Å². The molecule has 170 valence electrons. The fourth-order valence-electron chi connectivity index (χ4n) is 4.77. The summed E-state index contributed by atoms with van der Waals surface area (Å²) in [6.07, 6.45) is 4.59. The number of carboxylic acids is 1. The van der Waals surface area contributed by atoms with E-state index < -0.39 is 17.4 Å². The van der Waals surface area contributed by atoms with E-state index in [4.69, 9.17) is 9.47 Å². The van der Waals surface area contributed by atoms with Crippen molar-refractivity contribution in [3.8, 4) is 11.5 Å². The molecule has 2 aliphatic rings. The Balaban J connectivity index is 1.45. The smallest absolute Gasteiger partial charge is 0.329 e. The first-order chi connectivity index (χ1) is 15.4. The molecule has 0 aromatic heterocycles. The van der Waals surface area contributed by atoms with E-state index in [1.165, 1.54) is 17.5 Å². The number of carbonyl (C=O) groups is 2. The summed E-state index contributed by atoms with van der Waals surface area (Å²) in [5.41, 5.74) is 1.54. The number of fused-ring (bicyclic) bond motifs is 1. The molecule has 0 saturated heterocycles. The number of hydrogen-bond donors (Lipinski definition) is 2. The van der Waals surface area contributed by atoms with Gasteiger partial charge in [-0.05, 0) is 74.6 Å². The lowest BCUT2D eigenvalue weighted by atomic mass is 9.88. The quantitative estimate of drug-likeness (QED) is 0.640. The summed E-state index contributed by atoms with van der Waals surface area (Å²) in [6.45, 7) is 2.49. The molecule has 6 nitrogen and oxygen atoms in total. The van der Waals surface area contributed by atoms with Gasteiger partial charge < -0.3 is 19.9 Å². The van der Waals surface area contributed by atoms with Gasteiger partial charge >= 0.3 is 5.97 Å². The van der Waals surface area contributed by atoms with Crippen LogP contribution in [0.1, 0.15) is 53.6 Å². The van der Waals surface area contributed by atoms with Crippen molar-refractivity contribution in [2.24, 2.45) is 11.8 Å². The zero-order valence-corrected chi connectivity index (χ0v) is 18.7. The van der Waals surface area contributed by atoms with Crippen molar-refractivity contribution in [2.75, 3.05) is 13.7 Å². The third kappa shape index (κ3) is 4.90. The Kier molecular flexibility index (Phi) is 6.40. The van der Waals surface area contributed by atoms with Crippen LogP contribution in [0, 0.1) is 18.8 Å². The van der Waals surface area contributed by atoms with Gasteiger partial charge in [-0.2, -0.15) is 0 Å². The molecule has 2 aliphatic carbocycles. The summed E-state index contributed by atoms with van der Waals surface area (Å²) in [5.74, 6) is 0.919. The number of carboxylic acid groups (broad SMARTS) is 1. The van der Waals surface area contributed by atoms with Gasteiger partial charge in [-0.15, -0.1) is 0 Å². The van der Waals surface area contributed by atoms with Crippen LogP contribution >= 0.6 is 0 Å². The molecule has 4 rings (SSSR count). The Labute approximate surface area is 188 Å². The fraction of sp³-hybridized carbons (Fsp3) is 0.462. The molecule has 6 heteroatoms. The minimum absolute atomic E-state index is 0.367. The molecule has 0 radical (unpaired) electrons. The molecule has 32 heavy (non-hydrogen) atoms. The standard InChI is InChI=1S/C26H31NO5/c1-17-4-3-5-18(14-17)10-13-32-23-16-21(6-7-22(23)31-2)24(28)27-26(25(29)30)11-8-19-15-20(19)9-12-26/h3-7,14,16,19-20H,8-13,15H2,1-2H3,(H,27,28)(H,29,30). The molecule has 0 aliphatic heterocycles. The molecule has 2 unspecified atom stereocenters. The summed E-state index contributed by atoms with van der Waals surface area (Å²) in [7, 11) is 1.55. The minimum Gasteiger partial charge on any atom is -0.493 e. The van der Waals surface area contributed by atoms with Crippen LogP contribution in [0.5, 0.6) is 11.5 Å². The fourth-order valence-corrected chi connectivity index (χ4v) is 4.77. The minimum atomic E-state index is -1.20. The molecule has 0 bridgehead atoms. The van der Waals surface area contributed by atoms with Gasteiger partial charge in [0.1, 0.15) is 5.54 Å². The molecule has 0 spiro atoms. The number of hydrogen-bond acceptors (Lipinski definition) is 4. The van der Waals surface area contributed by atoms with E-state index in [2.05, 4.69) is 30.4 Å². The largest absolute Gasteiger partial charge is 0.493 e. The van der Waals surface area contributed by atoms with Gasteiger partial charge in [0.2, 0.25) is 0 Å². The van der Waals surface area contributed by atoms with Crippen LogP contribution in [-0.2, 0) is 11.2 Å². The maximum absolute atomic E-state index is 13.0. The highest BCUT2D eigenvalue weighted by atomic mass is 16.5. The van der Waals surface area contributed by atoms with Gasteiger partial charge in [0.15, 0.2) is 11.5 Å². The van der Waals surface area contributed by atoms with Crippen molar-refractivity contribution >= 4 is 11.9 Å². The lowest BCUT2D eigenvalue weighted by molar-refractivity contribution is -0.145. The van der Waals surface area contributed by atoms with E-state index in [1.807, 2.05) is 6.07 Å². The summed E-state index contributed by atoms with van der Waals surface area (Å²) in [5, 5.41) is 12.8. The first-order valence-electron chi connectivity index (χ1n) is 11.3. The zero-order chi connectivity index (χ0) is 22.7. The molecule has 0 heterocycles. The summed E-state index contributed by atoms with van der Waals surface area (Å²) in [4.78, 5) is 25.2. The van der Waals surface area contributed by atoms with Gasteiger partial charge in [-0.3, -0.25) is 4.79 Å². The normalized spacial score (nSPS) is 24.1.